The molecule has 0 aliphatic carbocycles. The number of benzene rings is 2. The molecular formula is C19H18N2O4S. The van der Waals surface area contributed by atoms with Gasteiger partial charge in [-0.05, 0) is 31.2 Å². The number of hydrogen-bond acceptors (Lipinski definition) is 6. The molecule has 134 valence electrons. The lowest BCUT2D eigenvalue weighted by atomic mass is 10.3. The smallest absolute Gasteiger partial charge is 0.347 e. The van der Waals surface area contributed by atoms with E-state index in [1.165, 1.54) is 11.8 Å². The lowest BCUT2D eigenvalue weighted by molar-refractivity contribution is -0.153. The molecule has 0 aliphatic rings. The molecule has 7 heteroatoms. The minimum Gasteiger partial charge on any atom is -0.479 e. The van der Waals surface area contributed by atoms with Crippen LogP contribution in [0.3, 0.4) is 0 Å². The highest BCUT2D eigenvalue weighted by Gasteiger charge is 2.18. The largest absolute Gasteiger partial charge is 0.479 e. The van der Waals surface area contributed by atoms with E-state index in [0.717, 1.165) is 4.90 Å². The van der Waals surface area contributed by atoms with Crippen LogP contribution in [-0.4, -0.2) is 30.3 Å². The average molecular weight is 370 g/mol. The van der Waals surface area contributed by atoms with Crippen molar-refractivity contribution in [2.75, 3.05) is 17.7 Å². The number of nitrogens with one attached hydrogen (secondary N) is 1. The van der Waals surface area contributed by atoms with Crippen LogP contribution in [0.2, 0.25) is 0 Å². The van der Waals surface area contributed by atoms with Crippen molar-refractivity contribution in [3.05, 3.63) is 54.6 Å². The van der Waals surface area contributed by atoms with E-state index in [0.29, 0.717) is 11.4 Å². The van der Waals surface area contributed by atoms with Crippen LogP contribution in [0.5, 0.6) is 5.75 Å². The maximum absolute atomic E-state index is 12.0. The van der Waals surface area contributed by atoms with Crippen LogP contribution in [0.25, 0.3) is 0 Å². The molecule has 26 heavy (non-hydrogen) atoms. The van der Waals surface area contributed by atoms with Crippen molar-refractivity contribution in [2.45, 2.75) is 17.9 Å². The second-order valence-electron chi connectivity index (χ2n) is 5.17. The molecule has 0 aliphatic heterocycles. The molecule has 0 heterocycles. The first kappa shape index (κ1) is 19.3. The van der Waals surface area contributed by atoms with Crippen LogP contribution in [0.15, 0.2) is 59.5 Å². The van der Waals surface area contributed by atoms with Crippen LogP contribution >= 0.6 is 11.8 Å². The Morgan fingerprint density at radius 3 is 2.58 bits per heavy atom. The Balaban J connectivity index is 1.83. The highest BCUT2D eigenvalue weighted by Crippen LogP contribution is 2.26. The van der Waals surface area contributed by atoms with Crippen LogP contribution in [0.1, 0.15) is 6.92 Å². The van der Waals surface area contributed by atoms with Gasteiger partial charge in [-0.2, -0.15) is 5.26 Å². The number of nitrogens with zero attached hydrogens (tertiary/aromatic N) is 1. The van der Waals surface area contributed by atoms with Gasteiger partial charge in [-0.3, -0.25) is 4.79 Å². The molecule has 1 amide bonds. The maximum Gasteiger partial charge on any atom is 0.347 e. The van der Waals surface area contributed by atoms with E-state index in [4.69, 9.17) is 14.7 Å². The van der Waals surface area contributed by atoms with Gasteiger partial charge in [-0.15, -0.1) is 11.8 Å². The number of rotatable bonds is 8. The van der Waals surface area contributed by atoms with Crippen molar-refractivity contribution < 1.29 is 19.1 Å². The molecule has 2 rings (SSSR count). The predicted octanol–water partition coefficient (Wildman–Crippen LogP) is 3.25. The molecule has 1 atom stereocenters. The molecule has 1 N–H and O–H groups in total. The summed E-state index contributed by atoms with van der Waals surface area (Å²) in [5, 5.41) is 11.4. The number of hydrogen-bond donors (Lipinski definition) is 1. The van der Waals surface area contributed by atoms with Crippen molar-refractivity contribution in [2.24, 2.45) is 0 Å². The molecular weight excluding hydrogens is 352 g/mol. The summed E-state index contributed by atoms with van der Waals surface area (Å²) >= 11 is 1.32. The van der Waals surface area contributed by atoms with Gasteiger partial charge in [0.15, 0.2) is 12.7 Å². The maximum atomic E-state index is 12.0. The lowest BCUT2D eigenvalue weighted by Crippen LogP contribution is -2.29. The molecule has 0 bridgehead atoms. The van der Waals surface area contributed by atoms with Crippen molar-refractivity contribution >= 4 is 29.3 Å². The zero-order valence-electron chi connectivity index (χ0n) is 14.2. The number of nitriles is 1. The summed E-state index contributed by atoms with van der Waals surface area (Å²) in [6.07, 6.45) is -0.830. The monoisotopic (exact) mass is 370 g/mol. The fraction of sp³-hybridized carbons (Fsp3) is 0.211. The SMILES string of the molecule is C[C@H](Oc1ccccc1)C(=O)OCC(=O)Nc1ccccc1SCC#N. The molecule has 0 radical (unpaired) electrons. The van der Waals surface area contributed by atoms with E-state index in [9.17, 15) is 9.59 Å². The standard InChI is InChI=1S/C19H18N2O4S/c1-14(25-15-7-3-2-4-8-15)19(23)24-13-18(22)21-16-9-5-6-10-17(16)26-12-11-20/h2-10,14H,12-13H2,1H3,(H,21,22)/t14-/m0/s1. The van der Waals surface area contributed by atoms with Gasteiger partial charge < -0.3 is 14.8 Å². The van der Waals surface area contributed by atoms with E-state index in [1.807, 2.05) is 18.2 Å². The zero-order valence-corrected chi connectivity index (χ0v) is 15.0. The Morgan fingerprint density at radius 1 is 1.15 bits per heavy atom. The second-order valence-corrected chi connectivity index (χ2v) is 6.19. The molecule has 0 saturated carbocycles. The third-order valence-electron chi connectivity index (χ3n) is 3.19. The molecule has 6 nitrogen and oxygen atoms in total. The van der Waals surface area contributed by atoms with Crippen molar-refractivity contribution in [3.63, 3.8) is 0 Å². The van der Waals surface area contributed by atoms with Crippen LogP contribution < -0.4 is 10.1 Å². The van der Waals surface area contributed by atoms with E-state index in [2.05, 4.69) is 5.32 Å². The summed E-state index contributed by atoms with van der Waals surface area (Å²) in [4.78, 5) is 24.7. The molecule has 0 spiro atoms. The minimum absolute atomic E-state index is 0.274. The minimum atomic E-state index is -0.830. The van der Waals surface area contributed by atoms with Gasteiger partial charge in [0, 0.05) is 4.90 Å². The molecule has 0 unspecified atom stereocenters. The first-order chi connectivity index (χ1) is 12.6. The highest BCUT2D eigenvalue weighted by molar-refractivity contribution is 7.99. The Hall–Kier alpha value is -2.98. The Morgan fingerprint density at radius 2 is 1.85 bits per heavy atom. The normalized spacial score (nSPS) is 11.1. The van der Waals surface area contributed by atoms with Crippen molar-refractivity contribution in [3.8, 4) is 11.8 Å². The van der Waals surface area contributed by atoms with E-state index in [-0.39, 0.29) is 5.75 Å². The number of carbonyl (C=O) groups is 2. The van der Waals surface area contributed by atoms with E-state index in [1.54, 1.807) is 49.4 Å². The van der Waals surface area contributed by atoms with E-state index < -0.39 is 24.6 Å². The summed E-state index contributed by atoms with van der Waals surface area (Å²) in [7, 11) is 0. The molecule has 2 aromatic rings. The van der Waals surface area contributed by atoms with Crippen LogP contribution in [0.4, 0.5) is 5.69 Å². The number of ether oxygens (including phenoxy) is 2. The van der Waals surface area contributed by atoms with Crippen LogP contribution in [0, 0.1) is 11.3 Å². The summed E-state index contributed by atoms with van der Waals surface area (Å²) < 4.78 is 10.4. The molecule has 0 saturated heterocycles. The van der Waals surface area contributed by atoms with Gasteiger partial charge in [-0.1, -0.05) is 30.3 Å². The highest BCUT2D eigenvalue weighted by atomic mass is 32.2. The van der Waals surface area contributed by atoms with Gasteiger partial charge in [0.25, 0.3) is 5.91 Å². The third-order valence-corrected chi connectivity index (χ3v) is 4.13. The van der Waals surface area contributed by atoms with Gasteiger partial charge in [0.1, 0.15) is 5.75 Å². The summed E-state index contributed by atoms with van der Waals surface area (Å²) in [6.45, 7) is 1.14. The number of anilines is 1. The molecule has 0 aromatic heterocycles. The lowest BCUT2D eigenvalue weighted by Gasteiger charge is -2.14. The van der Waals surface area contributed by atoms with Gasteiger partial charge >= 0.3 is 5.97 Å². The predicted molar refractivity (Wildman–Crippen MR) is 98.9 cm³/mol. The fourth-order valence-corrected chi connectivity index (χ4v) is 2.67. The Kier molecular flexibility index (Phi) is 7.52. The molecule has 2 aromatic carbocycles. The number of thioether (sulfide) groups is 1. The zero-order chi connectivity index (χ0) is 18.8. The van der Waals surface area contributed by atoms with E-state index >= 15 is 0 Å². The van der Waals surface area contributed by atoms with Gasteiger partial charge in [0.05, 0.1) is 17.5 Å². The van der Waals surface area contributed by atoms with Gasteiger partial charge in [0.2, 0.25) is 0 Å². The quantitative estimate of drug-likeness (QED) is 0.567. The van der Waals surface area contributed by atoms with Crippen molar-refractivity contribution in [1.82, 2.24) is 0 Å². The van der Waals surface area contributed by atoms with Crippen LogP contribution in [-0.2, 0) is 14.3 Å². The summed E-state index contributed by atoms with van der Waals surface area (Å²) in [5.74, 6) is -0.271. The summed E-state index contributed by atoms with van der Waals surface area (Å²) in [6, 6.07) is 18.0. The number of esters is 1. The Labute approximate surface area is 156 Å². The number of para-hydroxylation sites is 2. The Bertz CT molecular complexity index is 790. The first-order valence-corrected chi connectivity index (χ1v) is 8.85. The van der Waals surface area contributed by atoms with Gasteiger partial charge in [-0.25, -0.2) is 4.79 Å². The molecule has 0 fully saturated rings. The number of carbonyl (C=O) groups excluding carboxylic acids is 2. The topological polar surface area (TPSA) is 88.4 Å². The second kappa shape index (κ2) is 10.1. The fourth-order valence-electron chi connectivity index (χ4n) is 2.00. The summed E-state index contributed by atoms with van der Waals surface area (Å²) in [5.41, 5.74) is 0.572. The number of amides is 1. The average Bonchev–Trinajstić information content (AvgIpc) is 2.66. The third kappa shape index (κ3) is 6.15. The van der Waals surface area contributed by atoms with Crippen molar-refractivity contribution in [1.29, 1.82) is 5.26 Å². The first-order valence-electron chi connectivity index (χ1n) is 7.87.